The van der Waals surface area contributed by atoms with Gasteiger partial charge in [0, 0.05) is 17.9 Å². The third-order valence-electron chi connectivity index (χ3n) is 9.41. The number of anilines is 2. The number of imidazole rings is 2. The molecule has 4 N–H and O–H groups in total. The molecule has 0 spiro atoms. The summed E-state index contributed by atoms with van der Waals surface area (Å²) in [6, 6.07) is 8.76. The summed E-state index contributed by atoms with van der Waals surface area (Å²) in [7, 11) is -7.00. The largest absolute Gasteiger partial charge is 0.382 e. The van der Waals surface area contributed by atoms with Crippen molar-refractivity contribution >= 4 is 60.8 Å². The van der Waals surface area contributed by atoms with E-state index < -0.39 is 33.2 Å². The minimum Gasteiger partial charge on any atom is -0.382 e. The Hall–Kier alpha value is -4.49. The number of hydrogen-bond donors (Lipinski definition) is 2. The second-order valence-corrected chi connectivity index (χ2v) is 18.6. The molecule has 6 heterocycles. The monoisotopic (exact) mass is 890 g/mol. The Morgan fingerprint density at radius 2 is 1.20 bits per heavy atom. The van der Waals surface area contributed by atoms with Crippen LogP contribution in [-0.4, -0.2) is 77.2 Å². The van der Waals surface area contributed by atoms with E-state index in [0.717, 1.165) is 5.56 Å². The number of rotatable bonds is 12. The summed E-state index contributed by atoms with van der Waals surface area (Å²) in [5.74, 6) is -0.232. The number of nitrogen functional groups attached to an aromatic ring is 2. The fourth-order valence-corrected chi connectivity index (χ4v) is 10.1. The van der Waals surface area contributed by atoms with E-state index in [2.05, 4.69) is 29.9 Å². The van der Waals surface area contributed by atoms with Crippen molar-refractivity contribution < 1.29 is 45.5 Å². The molecule has 60 heavy (non-hydrogen) atoms. The second-order valence-electron chi connectivity index (χ2n) is 14.3. The van der Waals surface area contributed by atoms with Crippen LogP contribution in [0, 0.1) is 18.6 Å². The molecule has 4 aromatic heterocycles. The van der Waals surface area contributed by atoms with E-state index >= 15 is 0 Å². The zero-order valence-electron chi connectivity index (χ0n) is 32.8. The summed E-state index contributed by atoms with van der Waals surface area (Å²) in [5.41, 5.74) is 15.7. The Morgan fingerprint density at radius 3 is 1.67 bits per heavy atom. The van der Waals surface area contributed by atoms with Gasteiger partial charge >= 0.3 is 15.2 Å². The van der Waals surface area contributed by atoms with Gasteiger partial charge in [-0.2, -0.15) is 0 Å². The molecule has 2 saturated heterocycles. The van der Waals surface area contributed by atoms with Gasteiger partial charge in [0.2, 0.25) is 0 Å². The Bertz CT molecular complexity index is 2360. The molecule has 0 aliphatic carbocycles. The van der Waals surface area contributed by atoms with Crippen LogP contribution < -0.4 is 11.5 Å². The van der Waals surface area contributed by atoms with Crippen LogP contribution in [0.15, 0.2) is 61.7 Å². The van der Waals surface area contributed by atoms with Gasteiger partial charge in [0.25, 0.3) is 0 Å². The number of aromatic nitrogens is 8. The van der Waals surface area contributed by atoms with Gasteiger partial charge in [-0.1, -0.05) is 17.7 Å². The number of hydrogen-bond acceptors (Lipinski definition) is 16. The van der Waals surface area contributed by atoms with Crippen molar-refractivity contribution in [3.8, 4) is 0 Å². The fraction of sp³-hybridized carbons (Fsp3) is 0.405. The fourth-order valence-electron chi connectivity index (χ4n) is 6.61. The van der Waals surface area contributed by atoms with E-state index in [4.69, 9.17) is 50.6 Å². The average Bonchev–Trinajstić information content (AvgIpc) is 3.81. The van der Waals surface area contributed by atoms with E-state index in [-0.39, 0.29) is 49.0 Å². The van der Waals surface area contributed by atoms with Gasteiger partial charge in [0.1, 0.15) is 48.0 Å². The topological polar surface area (TPSA) is 229 Å². The van der Waals surface area contributed by atoms with Gasteiger partial charge in [-0.25, -0.2) is 38.7 Å². The van der Waals surface area contributed by atoms with E-state index in [0.29, 0.717) is 71.0 Å². The molecule has 6 aromatic rings. The first-order chi connectivity index (χ1) is 28.7. The van der Waals surface area contributed by atoms with Crippen molar-refractivity contribution in [3.63, 3.8) is 0 Å². The van der Waals surface area contributed by atoms with Gasteiger partial charge in [-0.3, -0.25) is 18.2 Å². The van der Waals surface area contributed by atoms with Crippen LogP contribution in [0.5, 0.6) is 0 Å². The third kappa shape index (κ3) is 10.7. The van der Waals surface area contributed by atoms with Gasteiger partial charge in [-0.05, 0) is 67.8 Å². The van der Waals surface area contributed by atoms with Crippen LogP contribution in [0.3, 0.4) is 0 Å². The number of ether oxygens (including phenoxy) is 2. The van der Waals surface area contributed by atoms with Crippen LogP contribution in [0.25, 0.3) is 22.3 Å². The molecule has 0 amide bonds. The SMILES string of the molecule is C[C@H](Cn1cnc2c(N)ncnc21)OC[P@@]1(=O)OCC[C@@H](c2cc(F)cc(Cl)c2)O1.Cc1cc(F)cc([C@@H]2CCO[P@@](=O)(CO[C@H](C)Cn3cnc4c(N)ncnc43)O2)c1. The summed E-state index contributed by atoms with van der Waals surface area (Å²) < 4.78 is 90.7. The van der Waals surface area contributed by atoms with Crippen LogP contribution in [0.1, 0.15) is 55.6 Å². The maximum Gasteiger partial charge on any atom is 0.356 e. The Labute approximate surface area is 348 Å². The Morgan fingerprint density at radius 1 is 0.733 bits per heavy atom. The minimum atomic E-state index is -3.52. The van der Waals surface area contributed by atoms with Gasteiger partial charge in [0.15, 0.2) is 22.9 Å². The molecule has 2 fully saturated rings. The predicted octanol–water partition coefficient (Wildman–Crippen LogP) is 7.52. The van der Waals surface area contributed by atoms with E-state index in [1.165, 1.54) is 36.9 Å². The standard InChI is InChI=1S/C19H23FN5O4P.C18H20ClFN5O4P/c1-12-5-14(7-15(20)6-12)16-3-4-28-30(26,29-16)11-27-13(2)8-25-10-24-17-18(21)22-9-23-19(17)25;1-11(7-25-9-24-16-17(21)22-8-23-18(16)25)27-10-30(26)28-3-2-15(29-30)12-4-13(19)6-14(20)5-12/h5-7,9-10,13,16H,3-4,8,11H2,1-2H3,(H2,21,22,23);4-6,8-9,11,15H,2-3,7,10H2,1H3,(H2,21,22,23)/t13-,16+,30+;11-,15+,30-/m11/s1. The van der Waals surface area contributed by atoms with E-state index in [1.54, 1.807) is 34.8 Å². The van der Waals surface area contributed by atoms with Crippen molar-refractivity contribution in [2.75, 3.05) is 37.4 Å². The maximum atomic E-state index is 13.7. The number of nitrogens with zero attached hydrogens (tertiary/aromatic N) is 8. The first-order valence-corrected chi connectivity index (χ1v) is 22.6. The first kappa shape index (κ1) is 43.6. The lowest BCUT2D eigenvalue weighted by Gasteiger charge is -2.30. The van der Waals surface area contributed by atoms with Crippen molar-refractivity contribution in [3.05, 3.63) is 95.1 Å². The highest BCUT2D eigenvalue weighted by atomic mass is 35.5. The van der Waals surface area contributed by atoms with Gasteiger partial charge in [0.05, 0.1) is 63.4 Å². The summed E-state index contributed by atoms with van der Waals surface area (Å²) in [5, 5.41) is 0.247. The van der Waals surface area contributed by atoms with Crippen LogP contribution >= 0.6 is 26.8 Å². The lowest BCUT2D eigenvalue weighted by molar-refractivity contribution is 0.0338. The number of aryl methyl sites for hydroxylation is 1. The molecule has 6 atom stereocenters. The van der Waals surface area contributed by atoms with Crippen molar-refractivity contribution in [1.29, 1.82) is 0 Å². The summed E-state index contributed by atoms with van der Waals surface area (Å²) in [4.78, 5) is 24.6. The molecule has 0 unspecified atom stereocenters. The highest BCUT2D eigenvalue weighted by molar-refractivity contribution is 7.54. The smallest absolute Gasteiger partial charge is 0.356 e. The molecular weight excluding hydrogens is 848 g/mol. The molecule has 0 radical (unpaired) electrons. The molecule has 2 aliphatic rings. The molecule has 2 aromatic carbocycles. The number of halogens is 3. The Kier molecular flexibility index (Phi) is 13.5. The highest BCUT2D eigenvalue weighted by Crippen LogP contribution is 2.57. The van der Waals surface area contributed by atoms with Crippen molar-refractivity contribution in [1.82, 2.24) is 39.0 Å². The number of fused-ring (bicyclic) bond motifs is 2. The average molecular weight is 891 g/mol. The van der Waals surface area contributed by atoms with Crippen LogP contribution in [-0.2, 0) is 49.8 Å². The van der Waals surface area contributed by atoms with Crippen LogP contribution in [0.4, 0.5) is 20.4 Å². The van der Waals surface area contributed by atoms with Crippen molar-refractivity contribution in [2.24, 2.45) is 0 Å². The van der Waals surface area contributed by atoms with E-state index in [9.17, 15) is 17.9 Å². The normalized spacial score (nSPS) is 23.0. The number of nitrogens with two attached hydrogens (primary N) is 2. The predicted molar refractivity (Wildman–Crippen MR) is 217 cm³/mol. The zero-order chi connectivity index (χ0) is 42.6. The molecule has 2 aliphatic heterocycles. The van der Waals surface area contributed by atoms with Crippen LogP contribution in [0.2, 0.25) is 5.02 Å². The Balaban J connectivity index is 0.000000181. The quantitative estimate of drug-likeness (QED) is 0.113. The van der Waals surface area contributed by atoms with Gasteiger partial charge < -0.3 is 39.1 Å². The number of benzene rings is 2. The second kappa shape index (κ2) is 18.6. The van der Waals surface area contributed by atoms with E-state index in [1.807, 2.05) is 19.9 Å². The van der Waals surface area contributed by atoms with Gasteiger partial charge in [-0.15, -0.1) is 0 Å². The third-order valence-corrected chi connectivity index (χ3v) is 12.9. The molecule has 18 nitrogen and oxygen atoms in total. The van der Waals surface area contributed by atoms with Crippen molar-refractivity contribution in [2.45, 2.75) is 71.1 Å². The first-order valence-electron chi connectivity index (χ1n) is 18.8. The molecular formula is C37H43ClF2N10O8P2. The molecule has 0 bridgehead atoms. The lowest BCUT2D eigenvalue weighted by atomic mass is 10.0. The maximum absolute atomic E-state index is 13.7. The summed E-state index contributed by atoms with van der Waals surface area (Å²) in [6.07, 6.45) is 4.65. The minimum absolute atomic E-state index is 0.205. The summed E-state index contributed by atoms with van der Waals surface area (Å²) >= 11 is 5.92. The molecule has 320 valence electrons. The highest BCUT2D eigenvalue weighted by Gasteiger charge is 2.37. The zero-order valence-corrected chi connectivity index (χ0v) is 35.3. The lowest BCUT2D eigenvalue weighted by Crippen LogP contribution is -2.21. The molecule has 0 saturated carbocycles. The molecule has 8 rings (SSSR count). The summed E-state index contributed by atoms with van der Waals surface area (Å²) in [6.45, 7) is 6.72. The molecule has 23 heteroatoms.